The summed E-state index contributed by atoms with van der Waals surface area (Å²) in [7, 11) is 0. The second-order valence-corrected chi connectivity index (χ2v) is 4.70. The summed E-state index contributed by atoms with van der Waals surface area (Å²) in [5.74, 6) is -0.560. The summed E-state index contributed by atoms with van der Waals surface area (Å²) in [6, 6.07) is 9.95. The number of carbonyl (C=O) groups is 1. The first-order chi connectivity index (χ1) is 8.99. The van der Waals surface area contributed by atoms with Crippen LogP contribution in [-0.4, -0.2) is 5.91 Å². The molecule has 0 radical (unpaired) electrons. The topological polar surface area (TPSA) is 81.1 Å². The van der Waals surface area contributed by atoms with Gasteiger partial charge in [0.05, 0.1) is 27.0 Å². The predicted molar refractivity (Wildman–Crippen MR) is 79.1 cm³/mol. The molecule has 2 aromatic rings. The molecule has 19 heavy (non-hydrogen) atoms. The molecule has 0 saturated carbocycles. The number of para-hydroxylation sites is 1. The minimum Gasteiger partial charge on any atom is -0.397 e. The van der Waals surface area contributed by atoms with Crippen molar-refractivity contribution >= 4 is 46.2 Å². The second-order valence-electron chi connectivity index (χ2n) is 3.89. The lowest BCUT2D eigenvalue weighted by atomic mass is 10.1. The molecule has 2 rings (SSSR count). The minimum atomic E-state index is -0.560. The van der Waals surface area contributed by atoms with Crippen LogP contribution in [0.15, 0.2) is 36.4 Å². The van der Waals surface area contributed by atoms with Gasteiger partial charge in [-0.05, 0) is 30.3 Å². The fraction of sp³-hybridized carbons (Fsp3) is 0. The molecule has 0 saturated heterocycles. The molecule has 0 aromatic heterocycles. The van der Waals surface area contributed by atoms with Gasteiger partial charge in [-0.15, -0.1) is 0 Å². The molecule has 0 atom stereocenters. The van der Waals surface area contributed by atoms with Crippen molar-refractivity contribution in [1.29, 1.82) is 0 Å². The van der Waals surface area contributed by atoms with Crippen LogP contribution in [0.5, 0.6) is 0 Å². The highest BCUT2D eigenvalue weighted by Crippen LogP contribution is 2.30. The lowest BCUT2D eigenvalue weighted by Crippen LogP contribution is -2.14. The maximum absolute atomic E-state index is 11.4. The molecule has 0 bridgehead atoms. The van der Waals surface area contributed by atoms with E-state index in [4.69, 9.17) is 34.7 Å². The quantitative estimate of drug-likeness (QED) is 0.759. The van der Waals surface area contributed by atoms with E-state index >= 15 is 0 Å². The average Bonchev–Trinajstić information content (AvgIpc) is 2.36. The molecule has 0 spiro atoms. The van der Waals surface area contributed by atoms with Crippen LogP contribution in [0.2, 0.25) is 10.0 Å². The van der Waals surface area contributed by atoms with Crippen LogP contribution in [0, 0.1) is 0 Å². The third-order valence-electron chi connectivity index (χ3n) is 2.55. The zero-order valence-corrected chi connectivity index (χ0v) is 11.3. The SMILES string of the molecule is NC(=O)c1cccc(N)c1Nc1ccc(Cl)c(Cl)c1. The Hall–Kier alpha value is -1.91. The number of amides is 1. The number of benzene rings is 2. The highest BCUT2D eigenvalue weighted by Gasteiger charge is 2.11. The summed E-state index contributed by atoms with van der Waals surface area (Å²) < 4.78 is 0. The number of halogens is 2. The van der Waals surface area contributed by atoms with Gasteiger partial charge in [0.2, 0.25) is 0 Å². The number of nitrogens with one attached hydrogen (secondary N) is 1. The molecule has 6 heteroatoms. The molecule has 2 aromatic carbocycles. The molecule has 0 aliphatic heterocycles. The summed E-state index contributed by atoms with van der Waals surface area (Å²) in [4.78, 5) is 11.4. The molecule has 0 aliphatic rings. The highest BCUT2D eigenvalue weighted by atomic mass is 35.5. The molecule has 0 unspecified atom stereocenters. The molecule has 4 nitrogen and oxygen atoms in total. The number of anilines is 3. The van der Waals surface area contributed by atoms with Gasteiger partial charge in [-0.2, -0.15) is 0 Å². The molecule has 1 amide bonds. The maximum Gasteiger partial charge on any atom is 0.250 e. The van der Waals surface area contributed by atoms with Crippen molar-refractivity contribution in [3.8, 4) is 0 Å². The first-order valence-corrected chi connectivity index (χ1v) is 6.15. The monoisotopic (exact) mass is 295 g/mol. The van der Waals surface area contributed by atoms with Gasteiger partial charge in [-0.25, -0.2) is 0 Å². The van der Waals surface area contributed by atoms with E-state index in [1.807, 2.05) is 0 Å². The summed E-state index contributed by atoms with van der Waals surface area (Å²) in [6.07, 6.45) is 0. The smallest absolute Gasteiger partial charge is 0.250 e. The molecule has 0 aliphatic carbocycles. The summed E-state index contributed by atoms with van der Waals surface area (Å²) in [5.41, 5.74) is 13.0. The Bertz CT molecular complexity index is 644. The maximum atomic E-state index is 11.4. The van der Waals surface area contributed by atoms with Crippen molar-refractivity contribution in [1.82, 2.24) is 0 Å². The summed E-state index contributed by atoms with van der Waals surface area (Å²) in [5, 5.41) is 3.87. The van der Waals surface area contributed by atoms with E-state index in [-0.39, 0.29) is 0 Å². The number of primary amides is 1. The van der Waals surface area contributed by atoms with Crippen LogP contribution in [0.4, 0.5) is 17.1 Å². The molecule has 0 heterocycles. The Balaban J connectivity index is 2.42. The van der Waals surface area contributed by atoms with Gasteiger partial charge in [-0.1, -0.05) is 29.3 Å². The van der Waals surface area contributed by atoms with Crippen LogP contribution in [0.1, 0.15) is 10.4 Å². The van der Waals surface area contributed by atoms with Crippen molar-refractivity contribution in [2.24, 2.45) is 5.73 Å². The number of nitrogens with two attached hydrogens (primary N) is 2. The van der Waals surface area contributed by atoms with Crippen LogP contribution in [-0.2, 0) is 0 Å². The minimum absolute atomic E-state index is 0.311. The van der Waals surface area contributed by atoms with E-state index in [1.54, 1.807) is 36.4 Å². The number of rotatable bonds is 3. The van der Waals surface area contributed by atoms with E-state index in [2.05, 4.69) is 5.32 Å². The second kappa shape index (κ2) is 5.38. The van der Waals surface area contributed by atoms with Crippen molar-refractivity contribution < 1.29 is 4.79 Å². The summed E-state index contributed by atoms with van der Waals surface area (Å²) >= 11 is 11.8. The molecular weight excluding hydrogens is 285 g/mol. The Kier molecular flexibility index (Phi) is 3.83. The number of hydrogen-bond donors (Lipinski definition) is 3. The molecule has 5 N–H and O–H groups in total. The molecular formula is C13H11Cl2N3O. The van der Waals surface area contributed by atoms with Crippen LogP contribution in [0.25, 0.3) is 0 Å². The Morgan fingerprint density at radius 2 is 1.84 bits per heavy atom. The fourth-order valence-electron chi connectivity index (χ4n) is 1.63. The third-order valence-corrected chi connectivity index (χ3v) is 3.29. The first kappa shape index (κ1) is 13.5. The highest BCUT2D eigenvalue weighted by molar-refractivity contribution is 6.42. The first-order valence-electron chi connectivity index (χ1n) is 5.39. The number of carbonyl (C=O) groups excluding carboxylic acids is 1. The Morgan fingerprint density at radius 1 is 1.11 bits per heavy atom. The Labute approximate surface area is 120 Å². The van der Waals surface area contributed by atoms with Gasteiger partial charge < -0.3 is 16.8 Å². The van der Waals surface area contributed by atoms with Crippen molar-refractivity contribution in [3.63, 3.8) is 0 Å². The predicted octanol–water partition coefficient (Wildman–Crippen LogP) is 3.42. The number of nitrogen functional groups attached to an aromatic ring is 1. The third kappa shape index (κ3) is 2.92. The van der Waals surface area contributed by atoms with Crippen LogP contribution in [0.3, 0.4) is 0 Å². The van der Waals surface area contributed by atoms with Gasteiger partial charge in [0.15, 0.2) is 0 Å². The van der Waals surface area contributed by atoms with Crippen molar-refractivity contribution in [3.05, 3.63) is 52.0 Å². The van der Waals surface area contributed by atoms with E-state index in [1.165, 1.54) is 0 Å². The normalized spacial score (nSPS) is 10.2. The van der Waals surface area contributed by atoms with Gasteiger partial charge >= 0.3 is 0 Å². The van der Waals surface area contributed by atoms with E-state index in [0.29, 0.717) is 32.7 Å². The Morgan fingerprint density at radius 3 is 2.47 bits per heavy atom. The van der Waals surface area contributed by atoms with Crippen LogP contribution < -0.4 is 16.8 Å². The van der Waals surface area contributed by atoms with Gasteiger partial charge in [0.1, 0.15) is 0 Å². The van der Waals surface area contributed by atoms with Gasteiger partial charge in [-0.3, -0.25) is 4.79 Å². The molecule has 0 fully saturated rings. The number of hydrogen-bond acceptors (Lipinski definition) is 3. The van der Waals surface area contributed by atoms with Crippen molar-refractivity contribution in [2.75, 3.05) is 11.1 Å². The van der Waals surface area contributed by atoms with Gasteiger partial charge in [0, 0.05) is 5.69 Å². The van der Waals surface area contributed by atoms with Crippen LogP contribution >= 0.6 is 23.2 Å². The largest absolute Gasteiger partial charge is 0.397 e. The lowest BCUT2D eigenvalue weighted by molar-refractivity contribution is 0.100. The van der Waals surface area contributed by atoms with Gasteiger partial charge in [0.25, 0.3) is 5.91 Å². The standard InChI is InChI=1S/C13H11Cl2N3O/c14-9-5-4-7(6-10(9)15)18-12-8(13(17)19)2-1-3-11(12)16/h1-6,18H,16H2,(H2,17,19). The fourth-order valence-corrected chi connectivity index (χ4v) is 1.93. The summed E-state index contributed by atoms with van der Waals surface area (Å²) in [6.45, 7) is 0. The zero-order valence-electron chi connectivity index (χ0n) is 9.78. The van der Waals surface area contributed by atoms with E-state index in [0.717, 1.165) is 0 Å². The molecule has 98 valence electrons. The van der Waals surface area contributed by atoms with Crippen molar-refractivity contribution in [2.45, 2.75) is 0 Å². The average molecular weight is 296 g/mol. The van der Waals surface area contributed by atoms with E-state index in [9.17, 15) is 4.79 Å². The lowest BCUT2D eigenvalue weighted by Gasteiger charge is -2.13. The zero-order chi connectivity index (χ0) is 14.0. The van der Waals surface area contributed by atoms with E-state index < -0.39 is 5.91 Å².